The molecule has 0 aromatic rings. The summed E-state index contributed by atoms with van der Waals surface area (Å²) in [6, 6.07) is 0.887. The minimum Gasteiger partial charge on any atom is -0.316 e. The molecule has 0 aromatic heterocycles. The summed E-state index contributed by atoms with van der Waals surface area (Å²) in [7, 11) is 0. The van der Waals surface area contributed by atoms with Gasteiger partial charge in [-0.25, -0.2) is 0 Å². The lowest BCUT2D eigenvalue weighted by Crippen LogP contribution is -2.38. The molecule has 0 spiro atoms. The van der Waals surface area contributed by atoms with Crippen LogP contribution < -0.4 is 5.32 Å². The van der Waals surface area contributed by atoms with E-state index in [9.17, 15) is 0 Å². The van der Waals surface area contributed by atoms with Crippen LogP contribution in [-0.2, 0) is 0 Å². The number of hydrogen-bond acceptors (Lipinski definition) is 2. The second kappa shape index (κ2) is 8.92. The van der Waals surface area contributed by atoms with E-state index in [2.05, 4.69) is 37.9 Å². The highest BCUT2D eigenvalue weighted by Crippen LogP contribution is 2.24. The lowest BCUT2D eigenvalue weighted by molar-refractivity contribution is 0.174. The van der Waals surface area contributed by atoms with Crippen molar-refractivity contribution >= 4 is 0 Å². The Labute approximate surface area is 115 Å². The van der Waals surface area contributed by atoms with Gasteiger partial charge in [0.1, 0.15) is 0 Å². The molecule has 1 rings (SSSR count). The molecule has 18 heavy (non-hydrogen) atoms. The van der Waals surface area contributed by atoms with Crippen molar-refractivity contribution in [1.29, 1.82) is 0 Å². The van der Waals surface area contributed by atoms with E-state index < -0.39 is 0 Å². The Hall–Kier alpha value is -0.0800. The van der Waals surface area contributed by atoms with E-state index in [0.717, 1.165) is 24.4 Å². The van der Waals surface area contributed by atoms with Crippen LogP contribution >= 0.6 is 0 Å². The summed E-state index contributed by atoms with van der Waals surface area (Å²) >= 11 is 0. The fourth-order valence-corrected chi connectivity index (χ4v) is 2.96. The fraction of sp³-hybridized carbons (Fsp3) is 1.00. The first kappa shape index (κ1) is 16.0. The van der Waals surface area contributed by atoms with E-state index in [-0.39, 0.29) is 0 Å². The van der Waals surface area contributed by atoms with Gasteiger partial charge in [-0.15, -0.1) is 0 Å². The van der Waals surface area contributed by atoms with Crippen LogP contribution in [0.5, 0.6) is 0 Å². The first-order valence-electron chi connectivity index (χ1n) is 8.04. The largest absolute Gasteiger partial charge is 0.316 e. The van der Waals surface area contributed by atoms with Gasteiger partial charge in [0, 0.05) is 12.6 Å². The van der Waals surface area contributed by atoms with Gasteiger partial charge in [0.05, 0.1) is 0 Å². The van der Waals surface area contributed by atoms with Crippen molar-refractivity contribution in [1.82, 2.24) is 10.2 Å². The van der Waals surface area contributed by atoms with Gasteiger partial charge in [0.15, 0.2) is 0 Å². The van der Waals surface area contributed by atoms with Gasteiger partial charge in [0.25, 0.3) is 0 Å². The Balaban J connectivity index is 2.19. The molecule has 1 aliphatic carbocycles. The van der Waals surface area contributed by atoms with Crippen LogP contribution in [0.4, 0.5) is 0 Å². The average Bonchev–Trinajstić information content (AvgIpc) is 2.79. The molecular formula is C16H34N2. The average molecular weight is 254 g/mol. The second-order valence-corrected chi connectivity index (χ2v) is 6.78. The fourth-order valence-electron chi connectivity index (χ4n) is 2.96. The molecule has 0 bridgehead atoms. The lowest BCUT2D eigenvalue weighted by Gasteiger charge is -2.30. The molecule has 1 saturated carbocycles. The van der Waals surface area contributed by atoms with Gasteiger partial charge in [0.2, 0.25) is 0 Å². The molecule has 108 valence electrons. The van der Waals surface area contributed by atoms with Crippen molar-refractivity contribution < 1.29 is 0 Å². The van der Waals surface area contributed by atoms with Crippen LogP contribution in [0.1, 0.15) is 59.8 Å². The predicted molar refractivity (Wildman–Crippen MR) is 81.0 cm³/mol. The monoisotopic (exact) mass is 254 g/mol. The van der Waals surface area contributed by atoms with Gasteiger partial charge in [-0.2, -0.15) is 0 Å². The Kier molecular flexibility index (Phi) is 7.92. The normalized spacial score (nSPS) is 17.5. The third-order valence-electron chi connectivity index (χ3n) is 3.79. The number of nitrogens with zero attached hydrogens (tertiary/aromatic N) is 1. The van der Waals surface area contributed by atoms with Crippen LogP contribution in [0.3, 0.4) is 0 Å². The lowest BCUT2D eigenvalue weighted by atomic mass is 10.1. The Morgan fingerprint density at radius 1 is 1.06 bits per heavy atom. The van der Waals surface area contributed by atoms with E-state index in [4.69, 9.17) is 0 Å². The van der Waals surface area contributed by atoms with Crippen LogP contribution in [0.2, 0.25) is 0 Å². The SMILES string of the molecule is CC(C)CNCCCN(CC(C)C)C1CCCC1. The minimum absolute atomic E-state index is 0.770. The molecule has 0 amide bonds. The molecular weight excluding hydrogens is 220 g/mol. The van der Waals surface area contributed by atoms with Gasteiger partial charge in [-0.05, 0) is 50.7 Å². The Morgan fingerprint density at radius 2 is 1.72 bits per heavy atom. The van der Waals surface area contributed by atoms with E-state index >= 15 is 0 Å². The summed E-state index contributed by atoms with van der Waals surface area (Å²) in [4.78, 5) is 2.76. The van der Waals surface area contributed by atoms with Crippen molar-refractivity contribution in [2.45, 2.75) is 65.8 Å². The van der Waals surface area contributed by atoms with Crippen LogP contribution in [-0.4, -0.2) is 37.1 Å². The van der Waals surface area contributed by atoms with E-state index in [1.165, 1.54) is 51.7 Å². The molecule has 0 aromatic carbocycles. The summed E-state index contributed by atoms with van der Waals surface area (Å²) in [5.41, 5.74) is 0. The van der Waals surface area contributed by atoms with E-state index in [0.29, 0.717) is 0 Å². The first-order chi connectivity index (χ1) is 8.59. The maximum Gasteiger partial charge on any atom is 0.00953 e. The van der Waals surface area contributed by atoms with Crippen molar-refractivity contribution in [2.24, 2.45) is 11.8 Å². The molecule has 0 radical (unpaired) electrons. The predicted octanol–water partition coefficient (Wildman–Crippen LogP) is 3.52. The Morgan fingerprint density at radius 3 is 2.28 bits per heavy atom. The molecule has 1 fully saturated rings. The third kappa shape index (κ3) is 6.75. The van der Waals surface area contributed by atoms with E-state index in [1.807, 2.05) is 0 Å². The van der Waals surface area contributed by atoms with Crippen molar-refractivity contribution in [3.05, 3.63) is 0 Å². The topological polar surface area (TPSA) is 15.3 Å². The van der Waals surface area contributed by atoms with E-state index in [1.54, 1.807) is 0 Å². The maximum absolute atomic E-state index is 3.56. The molecule has 2 nitrogen and oxygen atoms in total. The quantitative estimate of drug-likeness (QED) is 0.633. The van der Waals surface area contributed by atoms with Crippen LogP contribution in [0, 0.1) is 11.8 Å². The molecule has 2 heteroatoms. The van der Waals surface area contributed by atoms with Crippen LogP contribution in [0.25, 0.3) is 0 Å². The molecule has 0 aliphatic heterocycles. The smallest absolute Gasteiger partial charge is 0.00953 e. The third-order valence-corrected chi connectivity index (χ3v) is 3.79. The summed E-state index contributed by atoms with van der Waals surface area (Å²) in [6.07, 6.45) is 7.07. The minimum atomic E-state index is 0.770. The van der Waals surface area contributed by atoms with Gasteiger partial charge in [-0.3, -0.25) is 0 Å². The molecule has 0 atom stereocenters. The second-order valence-electron chi connectivity index (χ2n) is 6.78. The Bertz CT molecular complexity index is 195. The zero-order valence-corrected chi connectivity index (χ0v) is 13.0. The van der Waals surface area contributed by atoms with Crippen molar-refractivity contribution in [3.8, 4) is 0 Å². The highest BCUT2D eigenvalue weighted by atomic mass is 15.2. The standard InChI is InChI=1S/C16H34N2/c1-14(2)12-17-10-7-11-18(13-15(3)4)16-8-5-6-9-16/h14-17H,5-13H2,1-4H3. The first-order valence-corrected chi connectivity index (χ1v) is 8.04. The maximum atomic E-state index is 3.56. The molecule has 1 N–H and O–H groups in total. The van der Waals surface area contributed by atoms with Gasteiger partial charge >= 0.3 is 0 Å². The zero-order valence-electron chi connectivity index (χ0n) is 13.0. The summed E-state index contributed by atoms with van der Waals surface area (Å²) in [5.74, 6) is 1.57. The molecule has 1 aliphatic rings. The molecule has 0 saturated heterocycles. The molecule has 0 unspecified atom stereocenters. The summed E-state index contributed by atoms with van der Waals surface area (Å²) in [5, 5.41) is 3.56. The number of hydrogen-bond donors (Lipinski definition) is 1. The highest BCUT2D eigenvalue weighted by molar-refractivity contribution is 4.78. The summed E-state index contributed by atoms with van der Waals surface area (Å²) in [6.45, 7) is 14.2. The van der Waals surface area contributed by atoms with Crippen molar-refractivity contribution in [2.75, 3.05) is 26.2 Å². The van der Waals surface area contributed by atoms with Gasteiger partial charge < -0.3 is 10.2 Å². The van der Waals surface area contributed by atoms with Crippen LogP contribution in [0.15, 0.2) is 0 Å². The number of rotatable bonds is 9. The summed E-state index contributed by atoms with van der Waals surface area (Å²) < 4.78 is 0. The molecule has 0 heterocycles. The number of nitrogens with one attached hydrogen (secondary N) is 1. The van der Waals surface area contributed by atoms with Crippen molar-refractivity contribution in [3.63, 3.8) is 0 Å². The zero-order chi connectivity index (χ0) is 13.4. The van der Waals surface area contributed by atoms with Gasteiger partial charge in [-0.1, -0.05) is 40.5 Å². The highest BCUT2D eigenvalue weighted by Gasteiger charge is 2.22.